The third kappa shape index (κ3) is 5.00. The second-order valence-electron chi connectivity index (χ2n) is 9.85. The number of fused-ring (bicyclic) bond motifs is 4. The van der Waals surface area contributed by atoms with Gasteiger partial charge >= 0.3 is 12.3 Å². The molecule has 44 heavy (non-hydrogen) atoms. The van der Waals surface area contributed by atoms with Crippen LogP contribution in [0.3, 0.4) is 0 Å². The summed E-state index contributed by atoms with van der Waals surface area (Å²) in [4.78, 5) is 26.5. The van der Waals surface area contributed by atoms with Crippen LogP contribution in [0.1, 0.15) is 0 Å². The van der Waals surface area contributed by atoms with Crippen LogP contribution in [0, 0.1) is 0 Å². The van der Waals surface area contributed by atoms with Gasteiger partial charge in [0, 0.05) is 32.3 Å². The molecular formula is C36H20Cl2O6. The van der Waals surface area contributed by atoms with Crippen molar-refractivity contribution in [2.24, 2.45) is 0 Å². The highest BCUT2D eigenvalue weighted by Crippen LogP contribution is 2.47. The molecule has 0 saturated heterocycles. The average Bonchev–Trinajstić information content (AvgIpc) is 3.04. The summed E-state index contributed by atoms with van der Waals surface area (Å²) in [6.45, 7) is 0. The van der Waals surface area contributed by atoms with Crippen molar-refractivity contribution in [1.82, 2.24) is 0 Å². The Labute approximate surface area is 260 Å². The molecular weight excluding hydrogens is 599 g/mol. The second kappa shape index (κ2) is 11.4. The highest BCUT2D eigenvalue weighted by atomic mass is 35.5. The summed E-state index contributed by atoms with van der Waals surface area (Å²) in [5, 5.41) is 5.18. The first-order valence-electron chi connectivity index (χ1n) is 13.5. The lowest BCUT2D eigenvalue weighted by Crippen LogP contribution is -2.16. The molecule has 0 radical (unpaired) electrons. The largest absolute Gasteiger partial charge is 0.519 e. The Morgan fingerprint density at radius 2 is 0.886 bits per heavy atom. The number of rotatable bonds is 4. The van der Waals surface area contributed by atoms with E-state index in [1.54, 1.807) is 60.7 Å². The monoisotopic (exact) mass is 618 g/mol. The summed E-state index contributed by atoms with van der Waals surface area (Å²) >= 11 is 13.1. The standard InChI is InChI=1S/C36H20Cl2O6/c37-28-20-19-27-31(32(28)38)34(44-36(40)42-30-18-8-12-22-10-2-4-14-24(22)30)26-16-6-5-15-25(26)33(27)43-35(39)41-29-17-7-11-21-9-1-3-13-23(21)29/h1-20H. The van der Waals surface area contributed by atoms with Gasteiger partial charge < -0.3 is 18.9 Å². The first-order chi connectivity index (χ1) is 21.5. The van der Waals surface area contributed by atoms with Crippen LogP contribution in [0.4, 0.5) is 9.59 Å². The molecule has 6 nitrogen and oxygen atoms in total. The molecule has 0 bridgehead atoms. The molecule has 0 fully saturated rings. The van der Waals surface area contributed by atoms with Crippen LogP contribution in [-0.4, -0.2) is 12.3 Å². The predicted molar refractivity (Wildman–Crippen MR) is 173 cm³/mol. The van der Waals surface area contributed by atoms with Crippen LogP contribution >= 0.6 is 23.2 Å². The van der Waals surface area contributed by atoms with Crippen LogP contribution in [0.5, 0.6) is 23.0 Å². The molecule has 214 valence electrons. The molecule has 0 atom stereocenters. The van der Waals surface area contributed by atoms with Crippen molar-refractivity contribution in [2.45, 2.75) is 0 Å². The van der Waals surface area contributed by atoms with Crippen molar-refractivity contribution in [3.8, 4) is 23.0 Å². The van der Waals surface area contributed by atoms with Gasteiger partial charge in [0.05, 0.1) is 10.0 Å². The summed E-state index contributed by atoms with van der Waals surface area (Å²) in [5.74, 6) is 0.943. The maximum Gasteiger partial charge on any atom is 0.519 e. The molecule has 8 heteroatoms. The van der Waals surface area contributed by atoms with E-state index in [-0.39, 0.29) is 26.9 Å². The quantitative estimate of drug-likeness (QED) is 0.111. The third-order valence-corrected chi connectivity index (χ3v) is 8.04. The smallest absolute Gasteiger partial charge is 0.394 e. The van der Waals surface area contributed by atoms with Crippen molar-refractivity contribution in [2.75, 3.05) is 0 Å². The van der Waals surface area contributed by atoms with Gasteiger partial charge in [-0.2, -0.15) is 0 Å². The number of benzene rings is 7. The van der Waals surface area contributed by atoms with Gasteiger partial charge in [0.15, 0.2) is 11.5 Å². The summed E-state index contributed by atoms with van der Waals surface area (Å²) < 4.78 is 23.0. The topological polar surface area (TPSA) is 71.1 Å². The molecule has 0 spiro atoms. The van der Waals surface area contributed by atoms with Crippen LogP contribution in [-0.2, 0) is 0 Å². The minimum atomic E-state index is -0.979. The van der Waals surface area contributed by atoms with Gasteiger partial charge in [0.1, 0.15) is 11.5 Å². The van der Waals surface area contributed by atoms with Gasteiger partial charge in [0.25, 0.3) is 0 Å². The zero-order valence-corrected chi connectivity index (χ0v) is 24.3. The van der Waals surface area contributed by atoms with Crippen molar-refractivity contribution in [3.63, 3.8) is 0 Å². The maximum absolute atomic E-state index is 13.3. The Balaban J connectivity index is 1.30. The minimum absolute atomic E-state index is 0.100. The Bertz CT molecular complexity index is 2250. The van der Waals surface area contributed by atoms with Crippen molar-refractivity contribution in [3.05, 3.63) is 131 Å². The number of halogens is 2. The molecule has 0 heterocycles. The van der Waals surface area contributed by atoms with Gasteiger partial charge in [-0.3, -0.25) is 0 Å². The number of hydrogen-bond acceptors (Lipinski definition) is 6. The van der Waals surface area contributed by atoms with Crippen LogP contribution < -0.4 is 18.9 Å². The van der Waals surface area contributed by atoms with Gasteiger partial charge in [-0.05, 0) is 35.0 Å². The Morgan fingerprint density at radius 1 is 0.432 bits per heavy atom. The fourth-order valence-electron chi connectivity index (χ4n) is 5.29. The van der Waals surface area contributed by atoms with Crippen molar-refractivity contribution < 1.29 is 28.5 Å². The Kier molecular flexibility index (Phi) is 7.14. The lowest BCUT2D eigenvalue weighted by Gasteiger charge is -2.17. The molecule has 0 aliphatic rings. The molecule has 0 saturated carbocycles. The number of ether oxygens (including phenoxy) is 4. The lowest BCUT2D eigenvalue weighted by molar-refractivity contribution is 0.151. The zero-order valence-electron chi connectivity index (χ0n) is 22.8. The molecule has 0 aliphatic heterocycles. The van der Waals surface area contributed by atoms with Crippen LogP contribution in [0.25, 0.3) is 43.1 Å². The second-order valence-corrected chi connectivity index (χ2v) is 10.6. The van der Waals surface area contributed by atoms with Crippen molar-refractivity contribution >= 4 is 78.6 Å². The summed E-state index contributed by atoms with van der Waals surface area (Å²) in [6.07, 6.45) is -1.93. The highest BCUT2D eigenvalue weighted by molar-refractivity contribution is 6.46. The fraction of sp³-hybridized carbons (Fsp3) is 0. The average molecular weight is 619 g/mol. The maximum atomic E-state index is 13.3. The summed E-state index contributed by atoms with van der Waals surface area (Å²) in [5.41, 5.74) is 0. The third-order valence-electron chi connectivity index (χ3n) is 7.24. The van der Waals surface area contributed by atoms with E-state index in [4.69, 9.17) is 42.1 Å². The van der Waals surface area contributed by atoms with E-state index in [1.807, 2.05) is 60.7 Å². The van der Waals surface area contributed by atoms with Crippen LogP contribution in [0.15, 0.2) is 121 Å². The van der Waals surface area contributed by atoms with Gasteiger partial charge in [-0.15, -0.1) is 0 Å². The van der Waals surface area contributed by atoms with E-state index in [2.05, 4.69) is 0 Å². The highest BCUT2D eigenvalue weighted by Gasteiger charge is 2.25. The van der Waals surface area contributed by atoms with Gasteiger partial charge in [-0.1, -0.05) is 120 Å². The SMILES string of the molecule is O=C(Oc1cccc2ccccc12)Oc1c2ccccc2c(OC(=O)Oc2cccc3ccccc23)c2c(Cl)c(Cl)ccc12. The van der Waals surface area contributed by atoms with E-state index in [0.29, 0.717) is 27.7 Å². The van der Waals surface area contributed by atoms with Gasteiger partial charge in [-0.25, -0.2) is 9.59 Å². The number of hydrogen-bond donors (Lipinski definition) is 0. The summed E-state index contributed by atoms with van der Waals surface area (Å²) in [7, 11) is 0. The molecule has 7 aromatic rings. The van der Waals surface area contributed by atoms with Crippen LogP contribution in [0.2, 0.25) is 10.0 Å². The fourth-order valence-corrected chi connectivity index (χ4v) is 5.70. The minimum Gasteiger partial charge on any atom is -0.394 e. The Morgan fingerprint density at radius 3 is 1.45 bits per heavy atom. The molecule has 0 unspecified atom stereocenters. The molecule has 0 aromatic heterocycles. The van der Waals surface area contributed by atoms with Crippen molar-refractivity contribution in [1.29, 1.82) is 0 Å². The molecule has 0 N–H and O–H groups in total. The normalized spacial score (nSPS) is 11.1. The van der Waals surface area contributed by atoms with E-state index in [1.165, 1.54) is 0 Å². The first kappa shape index (κ1) is 27.5. The molecule has 7 aromatic carbocycles. The summed E-state index contributed by atoms with van der Waals surface area (Å²) in [6, 6.07) is 36.0. The van der Waals surface area contributed by atoms with E-state index in [0.717, 1.165) is 21.5 Å². The zero-order chi connectivity index (χ0) is 30.2. The number of carbonyl (C=O) groups is 2. The van der Waals surface area contributed by atoms with Gasteiger partial charge in [0.2, 0.25) is 0 Å². The van der Waals surface area contributed by atoms with E-state index in [9.17, 15) is 9.59 Å². The Hall–Kier alpha value is -5.30. The molecule has 0 amide bonds. The number of carbonyl (C=O) groups excluding carboxylic acids is 2. The van der Waals surface area contributed by atoms with E-state index < -0.39 is 12.3 Å². The molecule has 7 rings (SSSR count). The first-order valence-corrected chi connectivity index (χ1v) is 14.3. The lowest BCUT2D eigenvalue weighted by atomic mass is 10.0. The molecule has 0 aliphatic carbocycles. The van der Waals surface area contributed by atoms with E-state index >= 15 is 0 Å². The predicted octanol–water partition coefficient (Wildman–Crippen LogP) is 10.8.